The lowest BCUT2D eigenvalue weighted by Gasteiger charge is -2.24. The van der Waals surface area contributed by atoms with E-state index in [-0.39, 0.29) is 5.41 Å². The van der Waals surface area contributed by atoms with Crippen LogP contribution in [0.5, 0.6) is 0 Å². The molecule has 1 fully saturated rings. The number of nitrogens with zero attached hydrogens (tertiary/aromatic N) is 1. The van der Waals surface area contributed by atoms with Crippen molar-refractivity contribution in [3.8, 4) is 0 Å². The first-order valence-corrected chi connectivity index (χ1v) is 8.98. The van der Waals surface area contributed by atoms with Crippen LogP contribution in [0.4, 0.5) is 0 Å². The van der Waals surface area contributed by atoms with Crippen LogP contribution in [0.2, 0.25) is 0 Å². The molecule has 0 saturated heterocycles. The van der Waals surface area contributed by atoms with Gasteiger partial charge in [0.25, 0.3) is 0 Å². The quantitative estimate of drug-likeness (QED) is 0.833. The van der Waals surface area contributed by atoms with Crippen molar-refractivity contribution in [3.63, 3.8) is 0 Å². The molecule has 1 aromatic heterocycles. The van der Waals surface area contributed by atoms with Crippen LogP contribution < -0.4 is 5.32 Å². The average molecular weight is 295 g/mol. The van der Waals surface area contributed by atoms with Crippen LogP contribution in [0.3, 0.4) is 0 Å². The van der Waals surface area contributed by atoms with E-state index in [4.69, 9.17) is 4.98 Å². The van der Waals surface area contributed by atoms with Crippen LogP contribution in [0.1, 0.15) is 63.6 Å². The summed E-state index contributed by atoms with van der Waals surface area (Å²) in [6.45, 7) is 7.92. The smallest absolute Gasteiger partial charge is 0.0931 e. The zero-order chi connectivity index (χ0) is 14.6. The van der Waals surface area contributed by atoms with E-state index in [1.165, 1.54) is 55.8 Å². The van der Waals surface area contributed by atoms with Gasteiger partial charge in [-0.2, -0.15) is 0 Å². The lowest BCUT2D eigenvalue weighted by Crippen LogP contribution is -2.26. The maximum Gasteiger partial charge on any atom is 0.0931 e. The summed E-state index contributed by atoms with van der Waals surface area (Å²) in [5.41, 5.74) is 1.44. The summed E-state index contributed by atoms with van der Waals surface area (Å²) in [4.78, 5) is 4.90. The molecular weight excluding hydrogens is 264 g/mol. The number of aromatic nitrogens is 1. The van der Waals surface area contributed by atoms with Crippen molar-refractivity contribution in [1.29, 1.82) is 0 Å². The third kappa shape index (κ3) is 4.29. The number of thiazole rings is 1. The van der Waals surface area contributed by atoms with Gasteiger partial charge < -0.3 is 5.32 Å². The lowest BCUT2D eigenvalue weighted by atomic mass is 9.85. The first kappa shape index (κ1) is 16.0. The molecule has 1 heterocycles. The van der Waals surface area contributed by atoms with Gasteiger partial charge >= 0.3 is 0 Å². The molecule has 114 valence electrons. The standard InChI is InChI=1S/C17H30N2S/c1-17(2,3)15-12-20-16(19-15)10-13-8-6-5-7-9-14(13)11-18-4/h12-14,18H,5-11H2,1-4H3. The minimum Gasteiger partial charge on any atom is -0.319 e. The summed E-state index contributed by atoms with van der Waals surface area (Å²) in [5.74, 6) is 1.66. The zero-order valence-corrected chi connectivity index (χ0v) is 14.4. The van der Waals surface area contributed by atoms with Crippen molar-refractivity contribution in [3.05, 3.63) is 16.1 Å². The molecule has 2 nitrogen and oxygen atoms in total. The molecule has 0 radical (unpaired) electrons. The summed E-state index contributed by atoms with van der Waals surface area (Å²) >= 11 is 1.87. The fourth-order valence-corrected chi connectivity index (χ4v) is 4.35. The molecule has 20 heavy (non-hydrogen) atoms. The Labute approximate surface area is 128 Å². The van der Waals surface area contributed by atoms with E-state index in [2.05, 4.69) is 38.5 Å². The summed E-state index contributed by atoms with van der Waals surface area (Å²) in [6.07, 6.45) is 8.20. The Morgan fingerprint density at radius 3 is 2.50 bits per heavy atom. The van der Waals surface area contributed by atoms with E-state index in [9.17, 15) is 0 Å². The summed E-state index contributed by atoms with van der Waals surface area (Å²) in [5, 5.41) is 7.01. The second kappa shape index (κ2) is 7.04. The van der Waals surface area contributed by atoms with Crippen LogP contribution >= 0.6 is 11.3 Å². The minimum atomic E-state index is 0.183. The molecule has 2 rings (SSSR count). The highest BCUT2D eigenvalue weighted by Crippen LogP contribution is 2.33. The number of hydrogen-bond donors (Lipinski definition) is 1. The summed E-state index contributed by atoms with van der Waals surface area (Å²) < 4.78 is 0. The average Bonchev–Trinajstić information content (AvgIpc) is 2.74. The predicted molar refractivity (Wildman–Crippen MR) is 88.5 cm³/mol. The second-order valence-electron chi connectivity index (χ2n) is 7.30. The van der Waals surface area contributed by atoms with Crippen molar-refractivity contribution in [2.75, 3.05) is 13.6 Å². The van der Waals surface area contributed by atoms with Gasteiger partial charge in [-0.3, -0.25) is 0 Å². The summed E-state index contributed by atoms with van der Waals surface area (Å²) in [6, 6.07) is 0. The molecule has 0 bridgehead atoms. The van der Waals surface area contributed by atoms with Crippen LogP contribution in [0.15, 0.2) is 5.38 Å². The van der Waals surface area contributed by atoms with E-state index < -0.39 is 0 Å². The van der Waals surface area contributed by atoms with E-state index in [1.54, 1.807) is 0 Å². The van der Waals surface area contributed by atoms with Crippen LogP contribution in [0.25, 0.3) is 0 Å². The van der Waals surface area contributed by atoms with Gasteiger partial charge in [0.1, 0.15) is 0 Å². The fourth-order valence-electron chi connectivity index (χ4n) is 3.23. The Hall–Kier alpha value is -0.410. The van der Waals surface area contributed by atoms with Crippen molar-refractivity contribution in [2.45, 2.75) is 64.7 Å². The molecule has 2 unspecified atom stereocenters. The third-order valence-corrected chi connectivity index (χ3v) is 5.41. The van der Waals surface area contributed by atoms with Gasteiger partial charge in [-0.25, -0.2) is 4.98 Å². The van der Waals surface area contributed by atoms with Gasteiger partial charge in [-0.15, -0.1) is 11.3 Å². The Morgan fingerprint density at radius 1 is 1.20 bits per heavy atom. The molecule has 1 aromatic rings. The lowest BCUT2D eigenvalue weighted by molar-refractivity contribution is 0.303. The molecule has 0 aromatic carbocycles. The molecule has 0 aliphatic heterocycles. The Bertz CT molecular complexity index is 405. The topological polar surface area (TPSA) is 24.9 Å². The number of rotatable bonds is 4. The maximum absolute atomic E-state index is 4.90. The molecule has 0 spiro atoms. The SMILES string of the molecule is CNCC1CCCCCC1Cc1nc(C(C)(C)C)cs1. The number of nitrogens with one attached hydrogen (secondary N) is 1. The Balaban J connectivity index is 2.04. The highest BCUT2D eigenvalue weighted by molar-refractivity contribution is 7.09. The Morgan fingerprint density at radius 2 is 1.90 bits per heavy atom. The molecular formula is C17H30N2S. The van der Waals surface area contributed by atoms with E-state index in [0.29, 0.717) is 0 Å². The first-order valence-electron chi connectivity index (χ1n) is 8.10. The normalized spacial score (nSPS) is 24.6. The van der Waals surface area contributed by atoms with Gasteiger partial charge in [-0.1, -0.05) is 40.0 Å². The van der Waals surface area contributed by atoms with Gasteiger partial charge in [0.15, 0.2) is 0 Å². The highest BCUT2D eigenvalue weighted by Gasteiger charge is 2.25. The predicted octanol–water partition coefficient (Wildman–Crippen LogP) is 4.40. The van der Waals surface area contributed by atoms with E-state index in [0.717, 1.165) is 11.8 Å². The van der Waals surface area contributed by atoms with Crippen molar-refractivity contribution < 1.29 is 0 Å². The van der Waals surface area contributed by atoms with Gasteiger partial charge in [0.2, 0.25) is 0 Å². The van der Waals surface area contributed by atoms with E-state index in [1.807, 2.05) is 11.3 Å². The molecule has 0 amide bonds. The third-order valence-electron chi connectivity index (χ3n) is 4.54. The first-order chi connectivity index (χ1) is 9.50. The van der Waals surface area contributed by atoms with Crippen molar-refractivity contribution >= 4 is 11.3 Å². The van der Waals surface area contributed by atoms with Crippen LogP contribution in [0, 0.1) is 11.8 Å². The monoisotopic (exact) mass is 294 g/mol. The minimum absolute atomic E-state index is 0.183. The molecule has 2 atom stereocenters. The molecule has 1 aliphatic rings. The molecule has 1 saturated carbocycles. The van der Waals surface area contributed by atoms with E-state index >= 15 is 0 Å². The second-order valence-corrected chi connectivity index (χ2v) is 8.24. The van der Waals surface area contributed by atoms with Gasteiger partial charge in [0.05, 0.1) is 10.7 Å². The fraction of sp³-hybridized carbons (Fsp3) is 0.824. The maximum atomic E-state index is 4.90. The molecule has 3 heteroatoms. The molecule has 1 aliphatic carbocycles. The summed E-state index contributed by atoms with van der Waals surface area (Å²) in [7, 11) is 2.09. The number of hydrogen-bond acceptors (Lipinski definition) is 3. The molecule has 1 N–H and O–H groups in total. The van der Waals surface area contributed by atoms with Crippen molar-refractivity contribution in [2.24, 2.45) is 11.8 Å². The van der Waals surface area contributed by atoms with Gasteiger partial charge in [-0.05, 0) is 38.3 Å². The Kier molecular flexibility index (Phi) is 5.62. The van der Waals surface area contributed by atoms with Crippen LogP contribution in [-0.4, -0.2) is 18.6 Å². The zero-order valence-electron chi connectivity index (χ0n) is 13.5. The highest BCUT2D eigenvalue weighted by atomic mass is 32.1. The van der Waals surface area contributed by atoms with Crippen molar-refractivity contribution in [1.82, 2.24) is 10.3 Å². The van der Waals surface area contributed by atoms with Gasteiger partial charge in [0, 0.05) is 17.2 Å². The largest absolute Gasteiger partial charge is 0.319 e. The van der Waals surface area contributed by atoms with Crippen LogP contribution in [-0.2, 0) is 11.8 Å².